The van der Waals surface area contributed by atoms with Gasteiger partial charge in [-0.15, -0.1) is 11.3 Å². The Hall–Kier alpha value is -1.20. The summed E-state index contributed by atoms with van der Waals surface area (Å²) in [4.78, 5) is 11.5. The summed E-state index contributed by atoms with van der Waals surface area (Å²) < 4.78 is 2.20. The maximum Gasteiger partial charge on any atom is 0.107 e. The zero-order valence-corrected chi connectivity index (χ0v) is 13.7. The number of nitrogens with zero attached hydrogens (tertiary/aromatic N) is 4. The summed E-state index contributed by atoms with van der Waals surface area (Å²) >= 11 is 1.81. The Balaban J connectivity index is 1.55. The largest absolute Gasteiger partial charge is 0.337 e. The van der Waals surface area contributed by atoms with E-state index in [1.807, 2.05) is 23.9 Å². The summed E-state index contributed by atoms with van der Waals surface area (Å²) in [6.07, 6.45) is 8.47. The molecule has 5 heteroatoms. The topological polar surface area (TPSA) is 34.0 Å². The molecule has 0 aromatic carbocycles. The van der Waals surface area contributed by atoms with Crippen LogP contribution in [-0.4, -0.2) is 32.5 Å². The molecule has 1 atom stereocenters. The van der Waals surface area contributed by atoms with E-state index in [2.05, 4.69) is 39.9 Å². The first-order valence-electron chi connectivity index (χ1n) is 7.83. The molecule has 1 aliphatic rings. The van der Waals surface area contributed by atoms with E-state index in [1.165, 1.54) is 36.6 Å². The fourth-order valence-corrected chi connectivity index (χ4v) is 3.99. The normalized spacial score (nSPS) is 20.2. The lowest BCUT2D eigenvalue weighted by atomic mass is 9.98. The van der Waals surface area contributed by atoms with Crippen LogP contribution >= 0.6 is 11.3 Å². The van der Waals surface area contributed by atoms with Crippen molar-refractivity contribution in [3.05, 3.63) is 34.8 Å². The molecule has 3 rings (SSSR count). The molecule has 0 amide bonds. The molecule has 0 aliphatic carbocycles. The highest BCUT2D eigenvalue weighted by molar-refractivity contribution is 7.09. The van der Waals surface area contributed by atoms with E-state index < -0.39 is 0 Å². The van der Waals surface area contributed by atoms with Gasteiger partial charge in [0.25, 0.3) is 0 Å². The van der Waals surface area contributed by atoms with Gasteiger partial charge in [-0.2, -0.15) is 0 Å². The monoisotopic (exact) mass is 304 g/mol. The van der Waals surface area contributed by atoms with Crippen molar-refractivity contribution < 1.29 is 0 Å². The van der Waals surface area contributed by atoms with Crippen molar-refractivity contribution in [2.75, 3.05) is 13.1 Å². The highest BCUT2D eigenvalue weighted by Gasteiger charge is 2.21. The van der Waals surface area contributed by atoms with E-state index in [-0.39, 0.29) is 0 Å². The van der Waals surface area contributed by atoms with Crippen LogP contribution in [0.5, 0.6) is 0 Å². The average Bonchev–Trinajstić information content (AvgIpc) is 3.11. The van der Waals surface area contributed by atoms with Gasteiger partial charge in [0.05, 0.1) is 18.6 Å². The maximum absolute atomic E-state index is 4.77. The third-order valence-electron chi connectivity index (χ3n) is 4.15. The summed E-state index contributed by atoms with van der Waals surface area (Å²) in [5.74, 6) is 1.27. The standard InChI is InChI=1S/C16H24N4S/c1-13(2)15-11-21-16(18-15)10-19-6-3-4-14(8-19)9-20-7-5-17-12-20/h5,7,11-14H,3-4,6,8-10H2,1-2H3. The van der Waals surface area contributed by atoms with Crippen LogP contribution in [0, 0.1) is 5.92 Å². The zero-order valence-electron chi connectivity index (χ0n) is 12.9. The Kier molecular flexibility index (Phi) is 4.70. The molecule has 1 fully saturated rings. The zero-order chi connectivity index (χ0) is 14.7. The Bertz CT molecular complexity index is 546. The van der Waals surface area contributed by atoms with E-state index in [4.69, 9.17) is 4.98 Å². The molecule has 0 bridgehead atoms. The summed E-state index contributed by atoms with van der Waals surface area (Å²) in [5, 5.41) is 3.48. The number of hydrogen-bond acceptors (Lipinski definition) is 4. The Morgan fingerprint density at radius 3 is 3.05 bits per heavy atom. The molecule has 1 aliphatic heterocycles. The Morgan fingerprint density at radius 1 is 1.43 bits per heavy atom. The summed E-state index contributed by atoms with van der Waals surface area (Å²) in [7, 11) is 0. The van der Waals surface area contributed by atoms with Crippen molar-refractivity contribution in [3.8, 4) is 0 Å². The number of piperidine rings is 1. The smallest absolute Gasteiger partial charge is 0.107 e. The molecule has 1 unspecified atom stereocenters. The van der Waals surface area contributed by atoms with E-state index in [1.54, 1.807) is 0 Å². The van der Waals surface area contributed by atoms with Crippen LogP contribution in [-0.2, 0) is 13.1 Å². The van der Waals surface area contributed by atoms with E-state index in [0.717, 1.165) is 19.0 Å². The van der Waals surface area contributed by atoms with Gasteiger partial charge >= 0.3 is 0 Å². The number of rotatable bonds is 5. The van der Waals surface area contributed by atoms with Gasteiger partial charge < -0.3 is 4.57 Å². The van der Waals surface area contributed by atoms with E-state index in [9.17, 15) is 0 Å². The highest BCUT2D eigenvalue weighted by atomic mass is 32.1. The molecule has 2 aromatic rings. The molecular formula is C16H24N4S. The van der Waals surface area contributed by atoms with Crippen molar-refractivity contribution in [1.29, 1.82) is 0 Å². The van der Waals surface area contributed by atoms with Crippen LogP contribution in [0.2, 0.25) is 0 Å². The molecule has 1 saturated heterocycles. The first-order valence-corrected chi connectivity index (χ1v) is 8.71. The van der Waals surface area contributed by atoms with Gasteiger partial charge in [0, 0.05) is 30.9 Å². The minimum atomic E-state index is 0.533. The summed E-state index contributed by atoms with van der Waals surface area (Å²) in [6.45, 7) is 8.90. The number of hydrogen-bond donors (Lipinski definition) is 0. The first kappa shape index (κ1) is 14.7. The van der Waals surface area contributed by atoms with Crippen molar-refractivity contribution in [1.82, 2.24) is 19.4 Å². The van der Waals surface area contributed by atoms with Gasteiger partial charge in [-0.3, -0.25) is 4.90 Å². The first-order chi connectivity index (χ1) is 10.2. The SMILES string of the molecule is CC(C)c1csc(CN2CCCC(Cn3ccnc3)C2)n1. The van der Waals surface area contributed by atoms with Gasteiger partial charge in [-0.05, 0) is 31.2 Å². The minimum Gasteiger partial charge on any atom is -0.337 e. The van der Waals surface area contributed by atoms with Crippen LogP contribution in [0.25, 0.3) is 0 Å². The van der Waals surface area contributed by atoms with Crippen molar-refractivity contribution in [2.24, 2.45) is 5.92 Å². The summed E-state index contributed by atoms with van der Waals surface area (Å²) in [6, 6.07) is 0. The molecule has 21 heavy (non-hydrogen) atoms. The molecule has 0 radical (unpaired) electrons. The van der Waals surface area contributed by atoms with Crippen LogP contribution in [0.4, 0.5) is 0 Å². The predicted octanol–water partition coefficient (Wildman–Crippen LogP) is 3.38. The Labute approximate surface area is 130 Å². The molecule has 4 nitrogen and oxygen atoms in total. The number of thiazole rings is 1. The van der Waals surface area contributed by atoms with E-state index >= 15 is 0 Å². The lowest BCUT2D eigenvalue weighted by Gasteiger charge is -2.32. The van der Waals surface area contributed by atoms with Crippen LogP contribution in [0.15, 0.2) is 24.1 Å². The van der Waals surface area contributed by atoms with Crippen molar-refractivity contribution in [3.63, 3.8) is 0 Å². The lowest BCUT2D eigenvalue weighted by Crippen LogP contribution is -2.36. The second-order valence-electron chi connectivity index (χ2n) is 6.32. The third-order valence-corrected chi connectivity index (χ3v) is 5.00. The molecule has 0 spiro atoms. The minimum absolute atomic E-state index is 0.533. The fourth-order valence-electron chi connectivity index (χ4n) is 2.99. The van der Waals surface area contributed by atoms with Gasteiger partial charge in [-0.1, -0.05) is 13.8 Å². The third kappa shape index (κ3) is 3.92. The number of aromatic nitrogens is 3. The van der Waals surface area contributed by atoms with Gasteiger partial charge in [0.15, 0.2) is 0 Å². The van der Waals surface area contributed by atoms with Gasteiger partial charge in [-0.25, -0.2) is 9.97 Å². The van der Waals surface area contributed by atoms with Crippen molar-refractivity contribution >= 4 is 11.3 Å². The van der Waals surface area contributed by atoms with Gasteiger partial charge in [0.2, 0.25) is 0 Å². The fraction of sp³-hybridized carbons (Fsp3) is 0.625. The Morgan fingerprint density at radius 2 is 2.33 bits per heavy atom. The molecule has 2 aromatic heterocycles. The lowest BCUT2D eigenvalue weighted by molar-refractivity contribution is 0.156. The number of likely N-dealkylation sites (tertiary alicyclic amines) is 1. The second kappa shape index (κ2) is 6.71. The molecule has 0 saturated carbocycles. The second-order valence-corrected chi connectivity index (χ2v) is 7.27. The molecule has 0 N–H and O–H groups in total. The highest BCUT2D eigenvalue weighted by Crippen LogP contribution is 2.23. The van der Waals surface area contributed by atoms with Crippen LogP contribution in [0.1, 0.15) is 43.3 Å². The molecule has 114 valence electrons. The van der Waals surface area contributed by atoms with Crippen LogP contribution in [0.3, 0.4) is 0 Å². The van der Waals surface area contributed by atoms with E-state index in [0.29, 0.717) is 5.92 Å². The number of imidazole rings is 1. The predicted molar refractivity (Wildman–Crippen MR) is 86.4 cm³/mol. The molecule has 3 heterocycles. The molecular weight excluding hydrogens is 280 g/mol. The van der Waals surface area contributed by atoms with Gasteiger partial charge in [0.1, 0.15) is 5.01 Å². The van der Waals surface area contributed by atoms with Crippen LogP contribution < -0.4 is 0 Å². The quantitative estimate of drug-likeness (QED) is 0.849. The van der Waals surface area contributed by atoms with Crippen molar-refractivity contribution in [2.45, 2.75) is 45.7 Å². The average molecular weight is 304 g/mol. The summed E-state index contributed by atoms with van der Waals surface area (Å²) in [5.41, 5.74) is 1.24. The maximum atomic E-state index is 4.77.